The third-order valence-electron chi connectivity index (χ3n) is 4.77. The summed E-state index contributed by atoms with van der Waals surface area (Å²) >= 11 is 0. The fourth-order valence-electron chi connectivity index (χ4n) is 3.38. The molecule has 1 saturated heterocycles. The number of rotatable bonds is 8. The van der Waals surface area contributed by atoms with Crippen LogP contribution in [0.1, 0.15) is 37.8 Å². The lowest BCUT2D eigenvalue weighted by molar-refractivity contribution is -0.136. The number of benzene rings is 1. The number of aryl methyl sites for hydroxylation is 2. The van der Waals surface area contributed by atoms with Crippen LogP contribution in [-0.2, 0) is 27.7 Å². The highest BCUT2D eigenvalue weighted by molar-refractivity contribution is 7.89. The third kappa shape index (κ3) is 5.67. The summed E-state index contributed by atoms with van der Waals surface area (Å²) in [6.07, 6.45) is 3.42. The second-order valence-electron chi connectivity index (χ2n) is 6.53. The standard InChI is InChI=1S/C18H28N2O4S.ClH/c1-3-15-7-8-17(10-16(15)4-2)25(23,24)20-9-5-6-14(13-20)11-19-12-18(21)22;/h7-8,10,14,19H,3-6,9,11-13H2,1-2H3,(H,21,22);1H. The van der Waals surface area contributed by atoms with Gasteiger partial charge in [0.25, 0.3) is 0 Å². The van der Waals surface area contributed by atoms with Gasteiger partial charge in [-0.3, -0.25) is 4.79 Å². The Bertz CT molecular complexity index is 709. The smallest absolute Gasteiger partial charge is 0.317 e. The van der Waals surface area contributed by atoms with E-state index in [4.69, 9.17) is 5.11 Å². The van der Waals surface area contributed by atoms with Crippen molar-refractivity contribution in [3.63, 3.8) is 0 Å². The lowest BCUT2D eigenvalue weighted by Crippen LogP contribution is -2.43. The zero-order valence-electron chi connectivity index (χ0n) is 15.4. The molecule has 1 aromatic carbocycles. The Morgan fingerprint density at radius 1 is 1.27 bits per heavy atom. The van der Waals surface area contributed by atoms with Crippen molar-refractivity contribution in [3.05, 3.63) is 29.3 Å². The number of aliphatic carboxylic acids is 1. The van der Waals surface area contributed by atoms with Gasteiger partial charge in [0.2, 0.25) is 10.0 Å². The minimum Gasteiger partial charge on any atom is -0.480 e. The van der Waals surface area contributed by atoms with E-state index < -0.39 is 16.0 Å². The summed E-state index contributed by atoms with van der Waals surface area (Å²) in [7, 11) is -3.50. The molecule has 0 bridgehead atoms. The third-order valence-corrected chi connectivity index (χ3v) is 6.63. The average Bonchev–Trinajstić information content (AvgIpc) is 2.61. The first-order valence-corrected chi connectivity index (χ1v) is 10.4. The van der Waals surface area contributed by atoms with E-state index in [9.17, 15) is 13.2 Å². The van der Waals surface area contributed by atoms with Gasteiger partial charge in [-0.2, -0.15) is 4.31 Å². The van der Waals surface area contributed by atoms with E-state index in [1.807, 2.05) is 13.0 Å². The van der Waals surface area contributed by atoms with Gasteiger partial charge >= 0.3 is 5.97 Å². The van der Waals surface area contributed by atoms with Gasteiger partial charge in [0.05, 0.1) is 11.4 Å². The topological polar surface area (TPSA) is 86.7 Å². The molecule has 1 fully saturated rings. The van der Waals surface area contributed by atoms with Crippen LogP contribution in [0.25, 0.3) is 0 Å². The first-order chi connectivity index (χ1) is 11.9. The van der Waals surface area contributed by atoms with Crippen LogP contribution in [0.15, 0.2) is 23.1 Å². The van der Waals surface area contributed by atoms with Gasteiger partial charge in [-0.05, 0) is 61.4 Å². The highest BCUT2D eigenvalue weighted by atomic mass is 35.5. The second-order valence-corrected chi connectivity index (χ2v) is 8.47. The molecular weight excluding hydrogens is 376 g/mol. The SMILES string of the molecule is CCc1ccc(S(=O)(=O)N2CCCC(CNCC(=O)O)C2)cc1CC.Cl. The Morgan fingerprint density at radius 3 is 2.58 bits per heavy atom. The van der Waals surface area contributed by atoms with Crippen molar-refractivity contribution in [2.75, 3.05) is 26.2 Å². The molecule has 8 heteroatoms. The monoisotopic (exact) mass is 404 g/mol. The lowest BCUT2D eigenvalue weighted by Gasteiger charge is -2.32. The molecule has 6 nitrogen and oxygen atoms in total. The number of sulfonamides is 1. The molecule has 0 aliphatic carbocycles. The molecule has 1 aliphatic heterocycles. The fraction of sp³-hybridized carbons (Fsp3) is 0.611. The van der Waals surface area contributed by atoms with Crippen LogP contribution in [0.5, 0.6) is 0 Å². The summed E-state index contributed by atoms with van der Waals surface area (Å²) in [5, 5.41) is 11.6. The number of hydrogen-bond acceptors (Lipinski definition) is 4. The fourth-order valence-corrected chi connectivity index (χ4v) is 4.99. The van der Waals surface area contributed by atoms with Gasteiger partial charge < -0.3 is 10.4 Å². The van der Waals surface area contributed by atoms with Crippen LogP contribution in [0, 0.1) is 5.92 Å². The Hall–Kier alpha value is -1.15. The van der Waals surface area contributed by atoms with Gasteiger partial charge in [-0.1, -0.05) is 19.9 Å². The number of halogens is 1. The molecule has 26 heavy (non-hydrogen) atoms. The van der Waals surface area contributed by atoms with Gasteiger partial charge in [0, 0.05) is 13.1 Å². The van der Waals surface area contributed by atoms with Gasteiger partial charge in [-0.15, -0.1) is 12.4 Å². The van der Waals surface area contributed by atoms with Gasteiger partial charge in [0.1, 0.15) is 0 Å². The van der Waals surface area contributed by atoms with Crippen LogP contribution in [0.4, 0.5) is 0 Å². The van der Waals surface area contributed by atoms with Crippen molar-refractivity contribution in [1.82, 2.24) is 9.62 Å². The van der Waals surface area contributed by atoms with Crippen LogP contribution in [0.3, 0.4) is 0 Å². The van der Waals surface area contributed by atoms with E-state index in [1.54, 1.807) is 16.4 Å². The van der Waals surface area contributed by atoms with E-state index in [-0.39, 0.29) is 24.9 Å². The molecule has 148 valence electrons. The second kappa shape index (κ2) is 10.3. The summed E-state index contributed by atoms with van der Waals surface area (Å²) in [5.41, 5.74) is 2.27. The average molecular weight is 405 g/mol. The first-order valence-electron chi connectivity index (χ1n) is 8.92. The molecule has 1 heterocycles. The number of piperidine rings is 1. The van der Waals surface area contributed by atoms with Crippen LogP contribution in [0.2, 0.25) is 0 Å². The molecule has 1 aromatic rings. The van der Waals surface area contributed by atoms with E-state index in [0.29, 0.717) is 24.5 Å². The van der Waals surface area contributed by atoms with Crippen molar-refractivity contribution in [3.8, 4) is 0 Å². The van der Waals surface area contributed by atoms with Crippen molar-refractivity contribution >= 4 is 28.4 Å². The van der Waals surface area contributed by atoms with E-state index >= 15 is 0 Å². The number of carbonyl (C=O) groups is 1. The quantitative estimate of drug-likeness (QED) is 0.694. The van der Waals surface area contributed by atoms with E-state index in [0.717, 1.165) is 31.2 Å². The van der Waals surface area contributed by atoms with Gasteiger partial charge in [-0.25, -0.2) is 8.42 Å². The van der Waals surface area contributed by atoms with Gasteiger partial charge in [0.15, 0.2) is 0 Å². The Morgan fingerprint density at radius 2 is 1.96 bits per heavy atom. The Labute approximate surface area is 162 Å². The molecule has 2 N–H and O–H groups in total. The minimum absolute atomic E-state index is 0. The molecular formula is C18H29ClN2O4S. The number of nitrogens with one attached hydrogen (secondary N) is 1. The van der Waals surface area contributed by atoms with Crippen molar-refractivity contribution in [1.29, 1.82) is 0 Å². The normalized spacial score (nSPS) is 18.3. The molecule has 1 atom stereocenters. The number of carboxylic acid groups (broad SMARTS) is 1. The molecule has 1 aliphatic rings. The maximum atomic E-state index is 13.0. The van der Waals surface area contributed by atoms with Crippen molar-refractivity contribution < 1.29 is 18.3 Å². The highest BCUT2D eigenvalue weighted by Gasteiger charge is 2.30. The maximum Gasteiger partial charge on any atom is 0.317 e. The summed E-state index contributed by atoms with van der Waals surface area (Å²) in [6, 6.07) is 5.43. The lowest BCUT2D eigenvalue weighted by atomic mass is 10.00. The molecule has 1 unspecified atom stereocenters. The molecule has 2 rings (SSSR count). The number of nitrogens with zero attached hydrogens (tertiary/aromatic N) is 1. The summed E-state index contributed by atoms with van der Waals surface area (Å²) in [5.74, 6) is -0.758. The van der Waals surface area contributed by atoms with Crippen LogP contribution >= 0.6 is 12.4 Å². The predicted molar refractivity (Wildman–Crippen MR) is 104 cm³/mol. The largest absolute Gasteiger partial charge is 0.480 e. The molecule has 0 radical (unpaired) electrons. The van der Waals surface area contributed by atoms with Crippen LogP contribution in [-0.4, -0.2) is 50.0 Å². The van der Waals surface area contributed by atoms with E-state index in [1.165, 1.54) is 5.56 Å². The minimum atomic E-state index is -3.50. The zero-order chi connectivity index (χ0) is 18.4. The number of carboxylic acids is 1. The Balaban J connectivity index is 0.00000338. The molecule has 0 spiro atoms. The number of hydrogen-bond donors (Lipinski definition) is 2. The maximum absolute atomic E-state index is 13.0. The molecule has 0 amide bonds. The first kappa shape index (κ1) is 22.9. The van der Waals surface area contributed by atoms with Crippen LogP contribution < -0.4 is 5.32 Å². The molecule has 0 saturated carbocycles. The zero-order valence-corrected chi connectivity index (χ0v) is 17.0. The summed E-state index contributed by atoms with van der Waals surface area (Å²) < 4.78 is 27.5. The van der Waals surface area contributed by atoms with Crippen molar-refractivity contribution in [2.24, 2.45) is 5.92 Å². The van der Waals surface area contributed by atoms with Crippen molar-refractivity contribution in [2.45, 2.75) is 44.4 Å². The van der Waals surface area contributed by atoms with E-state index in [2.05, 4.69) is 12.2 Å². The Kier molecular flexibility index (Phi) is 9.03. The summed E-state index contributed by atoms with van der Waals surface area (Å²) in [4.78, 5) is 11.0. The highest BCUT2D eigenvalue weighted by Crippen LogP contribution is 2.25. The molecule has 0 aromatic heterocycles. The predicted octanol–water partition coefficient (Wildman–Crippen LogP) is 2.31. The summed E-state index contributed by atoms with van der Waals surface area (Å²) in [6.45, 7) is 5.49.